The van der Waals surface area contributed by atoms with E-state index in [-0.39, 0.29) is 12.2 Å². The lowest BCUT2D eigenvalue weighted by Gasteiger charge is -2.08. The zero-order valence-electron chi connectivity index (χ0n) is 8.14. The molecular weight excluding hydrogens is 196 g/mol. The van der Waals surface area contributed by atoms with Gasteiger partial charge in [-0.25, -0.2) is 9.97 Å². The summed E-state index contributed by atoms with van der Waals surface area (Å²) in [6.07, 6.45) is 1.26. The van der Waals surface area contributed by atoms with Crippen LogP contribution in [0.2, 0.25) is 0 Å². The highest BCUT2D eigenvalue weighted by atomic mass is 16.4. The summed E-state index contributed by atoms with van der Waals surface area (Å²) in [4.78, 5) is 18.1. The first-order valence-electron chi connectivity index (χ1n) is 4.32. The van der Waals surface area contributed by atoms with E-state index in [0.717, 1.165) is 0 Å². The standard InChI is InChI=1S/C9H10N4O2/c1-6(9(14)15)4-11-8-2-7(3-10)12-5-13-8/h2,5-6H,4H2,1H3,(H,14,15)(H,11,12,13). The predicted molar refractivity (Wildman–Crippen MR) is 52.0 cm³/mol. The van der Waals surface area contributed by atoms with Crippen LogP contribution in [0, 0.1) is 17.2 Å². The van der Waals surface area contributed by atoms with Crippen molar-refractivity contribution in [2.75, 3.05) is 11.9 Å². The lowest BCUT2D eigenvalue weighted by Crippen LogP contribution is -2.20. The quantitative estimate of drug-likeness (QED) is 0.743. The Morgan fingerprint density at radius 2 is 2.47 bits per heavy atom. The number of rotatable bonds is 4. The molecule has 0 aliphatic carbocycles. The lowest BCUT2D eigenvalue weighted by atomic mass is 10.2. The van der Waals surface area contributed by atoms with Gasteiger partial charge in [0.1, 0.15) is 23.9 Å². The summed E-state index contributed by atoms with van der Waals surface area (Å²) in [5.74, 6) is -0.933. The smallest absolute Gasteiger partial charge is 0.308 e. The zero-order chi connectivity index (χ0) is 11.3. The fourth-order valence-electron chi connectivity index (χ4n) is 0.860. The highest BCUT2D eigenvalue weighted by molar-refractivity contribution is 5.70. The Bertz CT molecular complexity index is 399. The molecule has 0 radical (unpaired) electrons. The molecule has 0 saturated heterocycles. The third kappa shape index (κ3) is 3.23. The van der Waals surface area contributed by atoms with Crippen molar-refractivity contribution >= 4 is 11.8 Å². The van der Waals surface area contributed by atoms with Crippen LogP contribution in [0.25, 0.3) is 0 Å². The summed E-state index contributed by atoms with van der Waals surface area (Å²) in [6.45, 7) is 1.85. The maximum atomic E-state index is 10.5. The number of carboxylic acids is 1. The molecule has 1 unspecified atom stereocenters. The van der Waals surface area contributed by atoms with Crippen LogP contribution in [0.3, 0.4) is 0 Å². The van der Waals surface area contributed by atoms with Gasteiger partial charge in [0, 0.05) is 12.6 Å². The molecule has 1 heterocycles. The van der Waals surface area contributed by atoms with Crippen LogP contribution in [-0.4, -0.2) is 27.6 Å². The van der Waals surface area contributed by atoms with Crippen LogP contribution in [0.15, 0.2) is 12.4 Å². The molecular formula is C9H10N4O2. The Morgan fingerprint density at radius 1 is 1.73 bits per heavy atom. The van der Waals surface area contributed by atoms with Gasteiger partial charge in [0.25, 0.3) is 0 Å². The van der Waals surface area contributed by atoms with Gasteiger partial charge in [-0.3, -0.25) is 4.79 Å². The summed E-state index contributed by atoms with van der Waals surface area (Å²) >= 11 is 0. The van der Waals surface area contributed by atoms with Gasteiger partial charge in [0.2, 0.25) is 0 Å². The third-order valence-corrected chi connectivity index (χ3v) is 1.79. The molecule has 6 nitrogen and oxygen atoms in total. The zero-order valence-corrected chi connectivity index (χ0v) is 8.14. The van der Waals surface area contributed by atoms with Gasteiger partial charge in [-0.05, 0) is 0 Å². The molecule has 0 fully saturated rings. The van der Waals surface area contributed by atoms with Crippen LogP contribution < -0.4 is 5.32 Å². The number of nitrogens with one attached hydrogen (secondary N) is 1. The number of carboxylic acid groups (broad SMARTS) is 1. The van der Waals surface area contributed by atoms with Crippen molar-refractivity contribution in [2.24, 2.45) is 5.92 Å². The molecule has 0 spiro atoms. The SMILES string of the molecule is CC(CNc1cc(C#N)ncn1)C(=O)O. The molecule has 0 bridgehead atoms. The van der Waals surface area contributed by atoms with Crippen molar-refractivity contribution in [1.82, 2.24) is 9.97 Å². The third-order valence-electron chi connectivity index (χ3n) is 1.79. The van der Waals surface area contributed by atoms with Crippen molar-refractivity contribution in [2.45, 2.75) is 6.92 Å². The fraction of sp³-hybridized carbons (Fsp3) is 0.333. The van der Waals surface area contributed by atoms with E-state index in [1.54, 1.807) is 6.92 Å². The summed E-state index contributed by atoms with van der Waals surface area (Å²) < 4.78 is 0. The second-order valence-electron chi connectivity index (χ2n) is 3.02. The van der Waals surface area contributed by atoms with Crippen LogP contribution in [0.4, 0.5) is 5.82 Å². The van der Waals surface area contributed by atoms with E-state index >= 15 is 0 Å². The molecule has 1 rings (SSSR count). The van der Waals surface area contributed by atoms with Crippen LogP contribution in [-0.2, 0) is 4.79 Å². The van der Waals surface area contributed by atoms with E-state index in [9.17, 15) is 4.79 Å². The molecule has 15 heavy (non-hydrogen) atoms. The van der Waals surface area contributed by atoms with Gasteiger partial charge in [-0.1, -0.05) is 6.92 Å². The molecule has 1 aromatic rings. The minimum absolute atomic E-state index is 0.246. The van der Waals surface area contributed by atoms with Crippen LogP contribution >= 0.6 is 0 Å². The van der Waals surface area contributed by atoms with Crippen molar-refractivity contribution in [3.05, 3.63) is 18.1 Å². The van der Waals surface area contributed by atoms with Gasteiger partial charge in [-0.2, -0.15) is 5.26 Å². The van der Waals surface area contributed by atoms with Crippen LogP contribution in [0.1, 0.15) is 12.6 Å². The number of carbonyl (C=O) groups is 1. The summed E-state index contributed by atoms with van der Waals surface area (Å²) in [5.41, 5.74) is 0.246. The normalized spacial score (nSPS) is 11.5. The van der Waals surface area contributed by atoms with Gasteiger partial charge in [-0.15, -0.1) is 0 Å². The van der Waals surface area contributed by atoms with Gasteiger partial charge in [0.15, 0.2) is 0 Å². The molecule has 0 aromatic carbocycles. The molecule has 1 atom stereocenters. The molecule has 6 heteroatoms. The van der Waals surface area contributed by atoms with E-state index in [0.29, 0.717) is 5.82 Å². The number of nitrogens with zero attached hydrogens (tertiary/aromatic N) is 3. The van der Waals surface area contributed by atoms with E-state index in [2.05, 4.69) is 15.3 Å². The molecule has 0 saturated carbocycles. The number of hydrogen-bond donors (Lipinski definition) is 2. The Hall–Kier alpha value is -2.16. The van der Waals surface area contributed by atoms with Crippen molar-refractivity contribution in [3.8, 4) is 6.07 Å². The average Bonchev–Trinajstić information content (AvgIpc) is 2.26. The maximum Gasteiger partial charge on any atom is 0.308 e. The highest BCUT2D eigenvalue weighted by Gasteiger charge is 2.10. The van der Waals surface area contributed by atoms with Gasteiger partial charge in [0.05, 0.1) is 5.92 Å². The second-order valence-corrected chi connectivity index (χ2v) is 3.02. The molecule has 0 aliphatic rings. The minimum Gasteiger partial charge on any atom is -0.481 e. The number of nitriles is 1. The van der Waals surface area contributed by atoms with Gasteiger partial charge >= 0.3 is 5.97 Å². The molecule has 2 N–H and O–H groups in total. The topological polar surface area (TPSA) is 98.9 Å². The van der Waals surface area contributed by atoms with Crippen LogP contribution in [0.5, 0.6) is 0 Å². The molecule has 0 aliphatic heterocycles. The van der Waals surface area contributed by atoms with E-state index < -0.39 is 11.9 Å². The summed E-state index contributed by atoms with van der Waals surface area (Å²) in [7, 11) is 0. The van der Waals surface area contributed by atoms with Crippen molar-refractivity contribution in [1.29, 1.82) is 5.26 Å². The maximum absolute atomic E-state index is 10.5. The monoisotopic (exact) mass is 206 g/mol. The molecule has 1 aromatic heterocycles. The van der Waals surface area contributed by atoms with E-state index in [4.69, 9.17) is 10.4 Å². The van der Waals surface area contributed by atoms with Crippen molar-refractivity contribution in [3.63, 3.8) is 0 Å². The summed E-state index contributed by atoms with van der Waals surface area (Å²) in [6, 6.07) is 3.34. The van der Waals surface area contributed by atoms with E-state index in [1.165, 1.54) is 12.4 Å². The predicted octanol–water partition coefficient (Wildman–Crippen LogP) is 0.481. The van der Waals surface area contributed by atoms with Crippen molar-refractivity contribution < 1.29 is 9.90 Å². The Kier molecular flexibility index (Phi) is 3.57. The Morgan fingerprint density at radius 3 is 3.07 bits per heavy atom. The Balaban J connectivity index is 2.58. The second kappa shape index (κ2) is 4.91. The number of hydrogen-bond acceptors (Lipinski definition) is 5. The fourth-order valence-corrected chi connectivity index (χ4v) is 0.860. The first-order valence-corrected chi connectivity index (χ1v) is 4.32. The first-order chi connectivity index (χ1) is 7.13. The number of aromatic nitrogens is 2. The van der Waals surface area contributed by atoms with Gasteiger partial charge < -0.3 is 10.4 Å². The largest absolute Gasteiger partial charge is 0.481 e. The average molecular weight is 206 g/mol. The molecule has 78 valence electrons. The highest BCUT2D eigenvalue weighted by Crippen LogP contribution is 2.04. The first kappa shape index (κ1) is 10.9. The number of aliphatic carboxylic acids is 1. The number of anilines is 1. The lowest BCUT2D eigenvalue weighted by molar-refractivity contribution is -0.140. The summed E-state index contributed by atoms with van der Waals surface area (Å²) in [5, 5.41) is 20.0. The minimum atomic E-state index is -0.878. The Labute approximate surface area is 86.6 Å². The van der Waals surface area contributed by atoms with E-state index in [1.807, 2.05) is 6.07 Å². The molecule has 0 amide bonds.